The molecule has 0 saturated carbocycles. The van der Waals surface area contributed by atoms with Crippen LogP contribution < -0.4 is 10.1 Å². The Labute approximate surface area is 172 Å². The van der Waals surface area contributed by atoms with Gasteiger partial charge >= 0.3 is 6.03 Å². The van der Waals surface area contributed by atoms with Crippen molar-refractivity contribution in [3.05, 3.63) is 59.4 Å². The molecule has 1 saturated heterocycles. The Kier molecular flexibility index (Phi) is 5.71. The maximum atomic E-state index is 14.0. The number of rotatable bonds is 4. The molecule has 150 valence electrons. The molecular formula is C21H21FN4O2S. The molecule has 0 radical (unpaired) electrons. The van der Waals surface area contributed by atoms with Crippen molar-refractivity contribution in [2.75, 3.05) is 25.5 Å². The van der Waals surface area contributed by atoms with Crippen LogP contribution >= 0.6 is 11.3 Å². The molecule has 1 atom stereocenters. The van der Waals surface area contributed by atoms with Gasteiger partial charge in [0.05, 0.1) is 7.11 Å². The Morgan fingerprint density at radius 3 is 2.76 bits per heavy atom. The summed E-state index contributed by atoms with van der Waals surface area (Å²) in [6.45, 7) is 1.26. The topological polar surface area (TPSA) is 67.3 Å². The van der Waals surface area contributed by atoms with Crippen molar-refractivity contribution in [3.63, 3.8) is 0 Å². The molecule has 2 heterocycles. The van der Waals surface area contributed by atoms with Crippen molar-refractivity contribution in [3.8, 4) is 16.3 Å². The molecule has 1 fully saturated rings. The number of benzene rings is 2. The number of ether oxygens (including phenoxy) is 1. The molecule has 2 amide bonds. The first kappa shape index (κ1) is 19.3. The van der Waals surface area contributed by atoms with Gasteiger partial charge < -0.3 is 15.0 Å². The second kappa shape index (κ2) is 8.57. The van der Waals surface area contributed by atoms with Gasteiger partial charge in [-0.2, -0.15) is 0 Å². The monoisotopic (exact) mass is 412 g/mol. The third-order valence-corrected chi connectivity index (χ3v) is 6.06. The van der Waals surface area contributed by atoms with E-state index in [1.165, 1.54) is 17.4 Å². The number of carbonyl (C=O) groups is 1. The number of urea groups is 1. The molecule has 1 aliphatic rings. The lowest BCUT2D eigenvalue weighted by Gasteiger charge is -2.31. The van der Waals surface area contributed by atoms with E-state index in [9.17, 15) is 9.18 Å². The van der Waals surface area contributed by atoms with Crippen LogP contribution in [0.2, 0.25) is 0 Å². The van der Waals surface area contributed by atoms with Gasteiger partial charge in [0.2, 0.25) is 0 Å². The van der Waals surface area contributed by atoms with Gasteiger partial charge in [-0.3, -0.25) is 0 Å². The Balaban J connectivity index is 1.43. The summed E-state index contributed by atoms with van der Waals surface area (Å²) in [6.07, 6.45) is 1.81. The first-order valence-electron chi connectivity index (χ1n) is 9.42. The summed E-state index contributed by atoms with van der Waals surface area (Å²) in [6, 6.07) is 13.6. The number of hydrogen-bond acceptors (Lipinski definition) is 5. The number of hydrogen-bond donors (Lipinski definition) is 1. The third-order valence-electron chi connectivity index (χ3n) is 4.94. The zero-order valence-corrected chi connectivity index (χ0v) is 16.8. The van der Waals surface area contributed by atoms with Crippen LogP contribution in [0.5, 0.6) is 5.75 Å². The summed E-state index contributed by atoms with van der Waals surface area (Å²) in [5.74, 6) is 0.533. The molecule has 0 spiro atoms. The average Bonchev–Trinajstić information content (AvgIpc) is 3.25. The predicted molar refractivity (Wildman–Crippen MR) is 111 cm³/mol. The van der Waals surface area contributed by atoms with Crippen molar-refractivity contribution < 1.29 is 13.9 Å². The molecule has 1 aliphatic heterocycles. The highest BCUT2D eigenvalue weighted by atomic mass is 32.1. The lowest BCUT2D eigenvalue weighted by Crippen LogP contribution is -2.41. The molecule has 2 aromatic carbocycles. The minimum absolute atomic E-state index is 0.100. The van der Waals surface area contributed by atoms with Crippen LogP contribution in [-0.2, 0) is 0 Å². The quantitative estimate of drug-likeness (QED) is 0.671. The van der Waals surface area contributed by atoms with Crippen LogP contribution in [0.15, 0.2) is 48.5 Å². The van der Waals surface area contributed by atoms with Gasteiger partial charge in [-0.1, -0.05) is 23.5 Å². The summed E-state index contributed by atoms with van der Waals surface area (Å²) in [5, 5.41) is 12.8. The predicted octanol–water partition coefficient (Wildman–Crippen LogP) is 4.76. The van der Waals surface area contributed by atoms with E-state index in [1.807, 2.05) is 12.1 Å². The minimum atomic E-state index is -0.306. The Morgan fingerprint density at radius 1 is 1.21 bits per heavy atom. The smallest absolute Gasteiger partial charge is 0.321 e. The van der Waals surface area contributed by atoms with Gasteiger partial charge in [0.25, 0.3) is 0 Å². The molecule has 1 aromatic heterocycles. The minimum Gasteiger partial charge on any atom is -0.497 e. The van der Waals surface area contributed by atoms with Crippen molar-refractivity contribution in [1.29, 1.82) is 0 Å². The van der Waals surface area contributed by atoms with Crippen molar-refractivity contribution in [1.82, 2.24) is 15.1 Å². The summed E-state index contributed by atoms with van der Waals surface area (Å²) in [4.78, 5) is 14.5. The maximum Gasteiger partial charge on any atom is 0.321 e. The lowest BCUT2D eigenvalue weighted by atomic mass is 9.99. The summed E-state index contributed by atoms with van der Waals surface area (Å²) in [5.41, 5.74) is 1.18. The first-order chi connectivity index (χ1) is 14.1. The first-order valence-corrected chi connectivity index (χ1v) is 10.2. The van der Waals surface area contributed by atoms with E-state index in [0.717, 1.165) is 29.3 Å². The standard InChI is InChI=1S/C21H21FN4O2S/c1-28-16-10-8-15(9-11-16)23-21(27)26-12-4-5-14(13-26)19-24-25-20(29-19)17-6-2-3-7-18(17)22/h2-3,6-11,14H,4-5,12-13H2,1H3,(H,23,27). The number of amides is 2. The summed E-state index contributed by atoms with van der Waals surface area (Å²) < 4.78 is 19.2. The highest BCUT2D eigenvalue weighted by Crippen LogP contribution is 2.33. The Morgan fingerprint density at radius 2 is 2.00 bits per heavy atom. The summed E-state index contributed by atoms with van der Waals surface area (Å²) >= 11 is 1.39. The van der Waals surface area contributed by atoms with Crippen LogP contribution in [0.1, 0.15) is 23.8 Å². The largest absolute Gasteiger partial charge is 0.497 e. The molecule has 29 heavy (non-hydrogen) atoms. The highest BCUT2D eigenvalue weighted by molar-refractivity contribution is 7.14. The number of carbonyl (C=O) groups excluding carboxylic acids is 1. The molecular weight excluding hydrogens is 391 g/mol. The number of halogens is 1. The zero-order valence-electron chi connectivity index (χ0n) is 16.0. The van der Waals surface area contributed by atoms with Crippen molar-refractivity contribution in [2.24, 2.45) is 0 Å². The second-order valence-electron chi connectivity index (χ2n) is 6.87. The van der Waals surface area contributed by atoms with Gasteiger partial charge in [-0.05, 0) is 49.2 Å². The SMILES string of the molecule is COc1ccc(NC(=O)N2CCCC(c3nnc(-c4ccccc4F)s3)C2)cc1. The fourth-order valence-electron chi connectivity index (χ4n) is 3.38. The van der Waals surface area contributed by atoms with Crippen LogP contribution in [0.4, 0.5) is 14.9 Å². The van der Waals surface area contributed by atoms with Gasteiger partial charge in [-0.25, -0.2) is 9.18 Å². The summed E-state index contributed by atoms with van der Waals surface area (Å²) in [7, 11) is 1.60. The lowest BCUT2D eigenvalue weighted by molar-refractivity contribution is 0.192. The van der Waals surface area contributed by atoms with E-state index >= 15 is 0 Å². The Bertz CT molecular complexity index is 992. The van der Waals surface area contributed by atoms with E-state index in [2.05, 4.69) is 15.5 Å². The van der Waals surface area contributed by atoms with Crippen LogP contribution in [0.25, 0.3) is 10.6 Å². The number of methoxy groups -OCH3 is 1. The fraction of sp³-hybridized carbons (Fsp3) is 0.286. The van der Waals surface area contributed by atoms with Crippen LogP contribution in [0, 0.1) is 5.82 Å². The van der Waals surface area contributed by atoms with Gasteiger partial charge in [0, 0.05) is 30.3 Å². The number of nitrogens with zero attached hydrogens (tertiary/aromatic N) is 3. The van der Waals surface area contributed by atoms with E-state index in [1.54, 1.807) is 42.3 Å². The zero-order chi connectivity index (χ0) is 20.2. The van der Waals surface area contributed by atoms with Gasteiger partial charge in [-0.15, -0.1) is 10.2 Å². The molecule has 0 bridgehead atoms. The molecule has 1 N–H and O–H groups in total. The van der Waals surface area contributed by atoms with E-state index in [0.29, 0.717) is 23.7 Å². The van der Waals surface area contributed by atoms with Crippen LogP contribution in [-0.4, -0.2) is 41.3 Å². The fourth-order valence-corrected chi connectivity index (χ4v) is 4.38. The average molecular weight is 412 g/mol. The third kappa shape index (κ3) is 4.37. The number of aromatic nitrogens is 2. The van der Waals surface area contributed by atoms with E-state index in [-0.39, 0.29) is 17.8 Å². The van der Waals surface area contributed by atoms with Gasteiger partial charge in [0.15, 0.2) is 5.01 Å². The Hall–Kier alpha value is -3.00. The molecule has 0 aliphatic carbocycles. The highest BCUT2D eigenvalue weighted by Gasteiger charge is 2.27. The van der Waals surface area contributed by atoms with Crippen molar-refractivity contribution in [2.45, 2.75) is 18.8 Å². The molecule has 1 unspecified atom stereocenters. The van der Waals surface area contributed by atoms with Gasteiger partial charge in [0.1, 0.15) is 16.6 Å². The van der Waals surface area contributed by atoms with Crippen molar-refractivity contribution >= 4 is 23.1 Å². The maximum absolute atomic E-state index is 14.0. The number of nitrogens with one attached hydrogen (secondary N) is 1. The number of likely N-dealkylation sites (tertiary alicyclic amines) is 1. The normalized spacial score (nSPS) is 16.5. The molecule has 8 heteroatoms. The molecule has 3 aromatic rings. The van der Waals surface area contributed by atoms with E-state index < -0.39 is 0 Å². The van der Waals surface area contributed by atoms with Crippen LogP contribution in [0.3, 0.4) is 0 Å². The second-order valence-corrected chi connectivity index (χ2v) is 7.88. The molecule has 4 rings (SSSR count). The number of piperidine rings is 1. The number of anilines is 1. The molecule has 6 nitrogen and oxygen atoms in total. The van der Waals surface area contributed by atoms with E-state index in [4.69, 9.17) is 4.74 Å².